The first-order chi connectivity index (χ1) is 4.31. The zero-order valence-corrected chi connectivity index (χ0v) is 7.15. The molecule has 0 heterocycles. The van der Waals surface area contributed by atoms with Crippen molar-refractivity contribution in [3.8, 4) is 0 Å². The molecule has 2 heteroatoms. The zero-order valence-electron chi connectivity index (χ0n) is 7.15. The van der Waals surface area contributed by atoms with E-state index in [0.717, 1.165) is 19.5 Å². The molecule has 0 aromatic heterocycles. The van der Waals surface area contributed by atoms with Crippen LogP contribution in [0.4, 0.5) is 0 Å². The summed E-state index contributed by atoms with van der Waals surface area (Å²) < 4.78 is 0. The number of hydrogen-bond donors (Lipinski definition) is 1. The van der Waals surface area contributed by atoms with E-state index < -0.39 is 0 Å². The maximum Gasteiger partial charge on any atom is 0.0125 e. The summed E-state index contributed by atoms with van der Waals surface area (Å²) in [7, 11) is 0. The number of hydrogen-bond acceptors (Lipinski definition) is 2. The van der Waals surface area contributed by atoms with Gasteiger partial charge < -0.3 is 0 Å². The van der Waals surface area contributed by atoms with Crippen LogP contribution in [0.1, 0.15) is 34.1 Å². The molecule has 0 aromatic carbocycles. The minimum Gasteiger partial charge on any atom is -0.269 e. The van der Waals surface area contributed by atoms with Gasteiger partial charge in [0.15, 0.2) is 0 Å². The standard InChI is InChI=1S/C5H14N2.C2H6/c1-3-5-7(6)4-2;1-2/h3-6H2,1-2H3;1-2H3. The van der Waals surface area contributed by atoms with Gasteiger partial charge in [0, 0.05) is 13.1 Å². The van der Waals surface area contributed by atoms with Crippen molar-refractivity contribution in [1.29, 1.82) is 0 Å². The van der Waals surface area contributed by atoms with Gasteiger partial charge in [0.05, 0.1) is 0 Å². The molecule has 0 aliphatic heterocycles. The smallest absolute Gasteiger partial charge is 0.0125 e. The summed E-state index contributed by atoms with van der Waals surface area (Å²) in [5.41, 5.74) is 0. The van der Waals surface area contributed by atoms with Crippen molar-refractivity contribution in [2.24, 2.45) is 5.84 Å². The average molecular weight is 132 g/mol. The van der Waals surface area contributed by atoms with Crippen molar-refractivity contribution >= 4 is 0 Å². The van der Waals surface area contributed by atoms with Gasteiger partial charge in [0.25, 0.3) is 0 Å². The van der Waals surface area contributed by atoms with Crippen LogP contribution in [0.15, 0.2) is 0 Å². The fraction of sp³-hybridized carbons (Fsp3) is 1.00. The predicted molar refractivity (Wildman–Crippen MR) is 43.1 cm³/mol. The van der Waals surface area contributed by atoms with Crippen LogP contribution in [0, 0.1) is 0 Å². The molecule has 0 bridgehead atoms. The van der Waals surface area contributed by atoms with E-state index in [4.69, 9.17) is 5.84 Å². The maximum absolute atomic E-state index is 5.42. The summed E-state index contributed by atoms with van der Waals surface area (Å²) in [5.74, 6) is 5.42. The van der Waals surface area contributed by atoms with Crippen LogP contribution < -0.4 is 5.84 Å². The van der Waals surface area contributed by atoms with Crippen molar-refractivity contribution in [2.75, 3.05) is 13.1 Å². The molecule has 0 amide bonds. The van der Waals surface area contributed by atoms with Gasteiger partial charge in [-0.3, -0.25) is 5.84 Å². The number of hydrazine groups is 1. The molecule has 0 radical (unpaired) electrons. The molecule has 2 nitrogen and oxygen atoms in total. The number of nitrogens with two attached hydrogens (primary N) is 1. The van der Waals surface area contributed by atoms with E-state index in [1.807, 2.05) is 13.8 Å². The van der Waals surface area contributed by atoms with E-state index in [-0.39, 0.29) is 0 Å². The van der Waals surface area contributed by atoms with Gasteiger partial charge in [0.1, 0.15) is 0 Å². The van der Waals surface area contributed by atoms with E-state index in [1.165, 1.54) is 0 Å². The van der Waals surface area contributed by atoms with Crippen LogP contribution in [0.2, 0.25) is 0 Å². The number of rotatable bonds is 3. The lowest BCUT2D eigenvalue weighted by Gasteiger charge is -2.09. The van der Waals surface area contributed by atoms with Gasteiger partial charge in [-0.25, -0.2) is 5.01 Å². The first kappa shape index (κ1) is 11.7. The van der Waals surface area contributed by atoms with Crippen LogP contribution in [0.25, 0.3) is 0 Å². The highest BCUT2D eigenvalue weighted by Gasteiger charge is 1.87. The van der Waals surface area contributed by atoms with Crippen LogP contribution in [0.5, 0.6) is 0 Å². The lowest BCUT2D eigenvalue weighted by Crippen LogP contribution is -2.30. The maximum atomic E-state index is 5.42. The Balaban J connectivity index is 0. The summed E-state index contributed by atoms with van der Waals surface area (Å²) in [6.07, 6.45) is 1.14. The van der Waals surface area contributed by atoms with E-state index >= 15 is 0 Å². The Hall–Kier alpha value is -0.0800. The van der Waals surface area contributed by atoms with Crippen molar-refractivity contribution in [1.82, 2.24) is 5.01 Å². The first-order valence-corrected chi connectivity index (χ1v) is 3.80. The van der Waals surface area contributed by atoms with Crippen LogP contribution in [-0.4, -0.2) is 18.1 Å². The highest BCUT2D eigenvalue weighted by Crippen LogP contribution is 1.78. The minimum atomic E-state index is 0.952. The van der Waals surface area contributed by atoms with Gasteiger partial charge in [0.2, 0.25) is 0 Å². The molecule has 9 heavy (non-hydrogen) atoms. The van der Waals surface area contributed by atoms with Crippen molar-refractivity contribution < 1.29 is 0 Å². The Bertz CT molecular complexity index is 37.9. The molecule has 0 saturated carbocycles. The second kappa shape index (κ2) is 10.8. The molecule has 0 aromatic rings. The fourth-order valence-corrected chi connectivity index (χ4v) is 0.445. The highest BCUT2D eigenvalue weighted by atomic mass is 15.4. The Morgan fingerprint density at radius 2 is 1.67 bits per heavy atom. The van der Waals surface area contributed by atoms with Crippen molar-refractivity contribution in [2.45, 2.75) is 34.1 Å². The summed E-state index contributed by atoms with van der Waals surface area (Å²) >= 11 is 0. The molecule has 0 aliphatic carbocycles. The summed E-state index contributed by atoms with van der Waals surface area (Å²) in [4.78, 5) is 0. The van der Waals surface area contributed by atoms with Gasteiger partial charge in [-0.05, 0) is 6.42 Å². The van der Waals surface area contributed by atoms with Gasteiger partial charge in [-0.1, -0.05) is 27.7 Å². The zero-order chi connectivity index (χ0) is 7.70. The van der Waals surface area contributed by atoms with Crippen LogP contribution in [-0.2, 0) is 0 Å². The molecule has 0 saturated heterocycles. The molecule has 0 fully saturated rings. The lowest BCUT2D eigenvalue weighted by molar-refractivity contribution is 0.300. The molecule has 0 spiro atoms. The molecule has 0 rings (SSSR count). The molecule has 0 atom stereocenters. The summed E-state index contributed by atoms with van der Waals surface area (Å²) in [5, 5.41) is 1.81. The molecule has 58 valence electrons. The number of nitrogens with zero attached hydrogens (tertiary/aromatic N) is 1. The van der Waals surface area contributed by atoms with Crippen molar-refractivity contribution in [3.05, 3.63) is 0 Å². The highest BCUT2D eigenvalue weighted by molar-refractivity contribution is 4.38. The summed E-state index contributed by atoms with van der Waals surface area (Å²) in [6.45, 7) is 10.1. The van der Waals surface area contributed by atoms with E-state index in [1.54, 1.807) is 5.01 Å². The summed E-state index contributed by atoms with van der Waals surface area (Å²) in [6, 6.07) is 0. The first-order valence-electron chi connectivity index (χ1n) is 3.80. The third kappa shape index (κ3) is 11.5. The Labute approximate surface area is 59.0 Å². The third-order valence-electron chi connectivity index (χ3n) is 0.917. The third-order valence-corrected chi connectivity index (χ3v) is 0.917. The Morgan fingerprint density at radius 3 is 1.78 bits per heavy atom. The topological polar surface area (TPSA) is 29.3 Å². The molecular weight excluding hydrogens is 112 g/mol. The Morgan fingerprint density at radius 1 is 1.22 bits per heavy atom. The fourth-order valence-electron chi connectivity index (χ4n) is 0.445. The lowest BCUT2D eigenvalue weighted by atomic mass is 10.5. The molecular formula is C7H20N2. The molecule has 2 N–H and O–H groups in total. The van der Waals surface area contributed by atoms with E-state index in [2.05, 4.69) is 13.8 Å². The molecule has 0 unspecified atom stereocenters. The minimum absolute atomic E-state index is 0.952. The molecule has 0 aliphatic rings. The van der Waals surface area contributed by atoms with Gasteiger partial charge in [-0.15, -0.1) is 0 Å². The average Bonchev–Trinajstić information content (AvgIpc) is 1.93. The second-order valence-electron chi connectivity index (χ2n) is 1.63. The van der Waals surface area contributed by atoms with Gasteiger partial charge in [-0.2, -0.15) is 0 Å². The van der Waals surface area contributed by atoms with E-state index in [0.29, 0.717) is 0 Å². The quantitative estimate of drug-likeness (QED) is 0.467. The monoisotopic (exact) mass is 132 g/mol. The predicted octanol–water partition coefficient (Wildman–Crippen LogP) is 1.62. The SMILES string of the molecule is CC.CCCN(N)CC. The van der Waals surface area contributed by atoms with Gasteiger partial charge >= 0.3 is 0 Å². The van der Waals surface area contributed by atoms with Crippen LogP contribution in [0.3, 0.4) is 0 Å². The second-order valence-corrected chi connectivity index (χ2v) is 1.63. The van der Waals surface area contributed by atoms with Crippen molar-refractivity contribution in [3.63, 3.8) is 0 Å². The normalized spacial score (nSPS) is 8.67. The Kier molecular flexibility index (Phi) is 14.0. The van der Waals surface area contributed by atoms with Crippen LogP contribution >= 0.6 is 0 Å². The van der Waals surface area contributed by atoms with E-state index in [9.17, 15) is 0 Å². The largest absolute Gasteiger partial charge is 0.269 e.